The summed E-state index contributed by atoms with van der Waals surface area (Å²) in [7, 11) is 0. The molecule has 2 aromatic rings. The number of hydrogen-bond donors (Lipinski definition) is 3. The smallest absolute Gasteiger partial charge is 0.273 e. The van der Waals surface area contributed by atoms with Crippen molar-refractivity contribution in [3.8, 4) is 11.8 Å². The van der Waals surface area contributed by atoms with E-state index in [-0.39, 0.29) is 24.2 Å². The van der Waals surface area contributed by atoms with E-state index >= 15 is 0 Å². The Morgan fingerprint density at radius 1 is 1.55 bits per heavy atom. The summed E-state index contributed by atoms with van der Waals surface area (Å²) in [4.78, 5) is 11.9. The second kappa shape index (κ2) is 6.50. The zero-order valence-electron chi connectivity index (χ0n) is 10.9. The lowest BCUT2D eigenvalue weighted by Gasteiger charge is -2.13. The quantitative estimate of drug-likeness (QED) is 0.714. The number of amides is 1. The number of carbonyl (C=O) groups is 1. The number of carbonyl (C=O) groups excluding carboxylic acids is 1. The van der Waals surface area contributed by atoms with Crippen molar-refractivity contribution in [2.45, 2.75) is 13.0 Å². The van der Waals surface area contributed by atoms with Crippen molar-refractivity contribution in [2.75, 3.05) is 6.61 Å². The average molecular weight is 270 g/mol. The molecule has 1 aromatic heterocycles. The summed E-state index contributed by atoms with van der Waals surface area (Å²) in [5.41, 5.74) is 1.96. The topological polar surface area (TPSA) is 90.9 Å². The zero-order valence-corrected chi connectivity index (χ0v) is 10.9. The van der Waals surface area contributed by atoms with Crippen molar-refractivity contribution in [1.29, 1.82) is 0 Å². The van der Waals surface area contributed by atoms with Crippen LogP contribution in [0.3, 0.4) is 0 Å². The first-order valence-corrected chi connectivity index (χ1v) is 6.07. The lowest BCUT2D eigenvalue weighted by atomic mass is 10.1. The van der Waals surface area contributed by atoms with Gasteiger partial charge < -0.3 is 10.4 Å². The molecule has 1 amide bonds. The molecule has 0 aliphatic carbocycles. The van der Waals surface area contributed by atoms with Crippen molar-refractivity contribution in [1.82, 2.24) is 20.7 Å². The lowest BCUT2D eigenvalue weighted by Crippen LogP contribution is -2.27. The van der Waals surface area contributed by atoms with E-state index in [2.05, 4.69) is 32.6 Å². The Hall–Kier alpha value is -2.65. The van der Waals surface area contributed by atoms with Crippen LogP contribution in [0.1, 0.15) is 34.6 Å². The number of nitrogens with zero attached hydrogens (tertiary/aromatic N) is 2. The van der Waals surface area contributed by atoms with Crippen LogP contribution in [-0.4, -0.2) is 33.0 Å². The van der Waals surface area contributed by atoms with Crippen LogP contribution in [0.5, 0.6) is 0 Å². The fourth-order valence-electron chi connectivity index (χ4n) is 1.69. The summed E-state index contributed by atoms with van der Waals surface area (Å²) in [5.74, 6) is 5.13. The number of aromatic nitrogens is 3. The van der Waals surface area contributed by atoms with Crippen LogP contribution in [0.25, 0.3) is 0 Å². The Balaban J connectivity index is 2.09. The van der Waals surface area contributed by atoms with Crippen LogP contribution in [0.2, 0.25) is 0 Å². The van der Waals surface area contributed by atoms with E-state index in [4.69, 9.17) is 5.11 Å². The normalized spacial score (nSPS) is 11.3. The molecule has 0 saturated carbocycles. The summed E-state index contributed by atoms with van der Waals surface area (Å²) in [5, 5.41) is 21.2. The largest absolute Gasteiger partial charge is 0.384 e. The molecule has 0 fully saturated rings. The first-order valence-electron chi connectivity index (χ1n) is 6.07. The summed E-state index contributed by atoms with van der Waals surface area (Å²) < 4.78 is 0. The summed E-state index contributed by atoms with van der Waals surface area (Å²) in [6.07, 6.45) is 1.37. The van der Waals surface area contributed by atoms with E-state index in [1.807, 2.05) is 31.2 Å². The molecule has 0 saturated heterocycles. The van der Waals surface area contributed by atoms with E-state index in [1.165, 1.54) is 6.20 Å². The van der Waals surface area contributed by atoms with Gasteiger partial charge in [0.15, 0.2) is 5.69 Å². The first-order chi connectivity index (χ1) is 9.70. The number of H-pyrrole nitrogens is 1. The second-order valence-corrected chi connectivity index (χ2v) is 4.14. The van der Waals surface area contributed by atoms with Gasteiger partial charge in [-0.15, -0.1) is 0 Å². The molecule has 20 heavy (non-hydrogen) atoms. The predicted molar refractivity (Wildman–Crippen MR) is 72.7 cm³/mol. The minimum atomic E-state index is -0.293. The minimum absolute atomic E-state index is 0.178. The van der Waals surface area contributed by atoms with Gasteiger partial charge in [0.1, 0.15) is 6.61 Å². The van der Waals surface area contributed by atoms with Gasteiger partial charge in [0.05, 0.1) is 12.2 Å². The monoisotopic (exact) mass is 270 g/mol. The standard InChI is InChI=1S/C14H14N4O2/c1-10(16-14(20)13-9-15-18-17-13)12-6-2-4-11(8-12)5-3-7-19/h2,4,6,8-10,19H,7H2,1H3,(H,16,20)(H,15,17,18). The lowest BCUT2D eigenvalue weighted by molar-refractivity contribution is 0.0935. The highest BCUT2D eigenvalue weighted by Crippen LogP contribution is 2.14. The highest BCUT2D eigenvalue weighted by molar-refractivity contribution is 5.92. The Morgan fingerprint density at radius 3 is 3.10 bits per heavy atom. The van der Waals surface area contributed by atoms with Gasteiger partial charge in [-0.3, -0.25) is 4.79 Å². The number of hydrogen-bond acceptors (Lipinski definition) is 4. The average Bonchev–Trinajstić information content (AvgIpc) is 2.99. The predicted octanol–water partition coefficient (Wildman–Crippen LogP) is 0.640. The fraction of sp³-hybridized carbons (Fsp3) is 0.214. The van der Waals surface area contributed by atoms with Crippen molar-refractivity contribution in [3.63, 3.8) is 0 Å². The highest BCUT2D eigenvalue weighted by atomic mass is 16.2. The van der Waals surface area contributed by atoms with Gasteiger partial charge in [0.2, 0.25) is 0 Å². The maximum atomic E-state index is 11.9. The molecule has 1 unspecified atom stereocenters. The maximum Gasteiger partial charge on any atom is 0.273 e. The van der Waals surface area contributed by atoms with Gasteiger partial charge in [0, 0.05) is 5.56 Å². The number of benzene rings is 1. The molecule has 0 aliphatic rings. The van der Waals surface area contributed by atoms with E-state index in [9.17, 15) is 4.79 Å². The number of aromatic amines is 1. The van der Waals surface area contributed by atoms with Gasteiger partial charge in [-0.1, -0.05) is 24.0 Å². The third-order valence-electron chi connectivity index (χ3n) is 2.69. The molecule has 6 heteroatoms. The molecule has 0 bridgehead atoms. The Kier molecular flexibility index (Phi) is 4.47. The summed E-state index contributed by atoms with van der Waals surface area (Å²) in [6, 6.07) is 7.29. The molecule has 1 atom stereocenters. The zero-order chi connectivity index (χ0) is 14.4. The minimum Gasteiger partial charge on any atom is -0.384 e. The molecule has 102 valence electrons. The fourth-order valence-corrected chi connectivity index (χ4v) is 1.69. The van der Waals surface area contributed by atoms with Crippen molar-refractivity contribution in [3.05, 3.63) is 47.3 Å². The number of aliphatic hydroxyl groups excluding tert-OH is 1. The highest BCUT2D eigenvalue weighted by Gasteiger charge is 2.13. The Labute approximate surface area is 116 Å². The maximum absolute atomic E-state index is 11.9. The van der Waals surface area contributed by atoms with Crippen LogP contribution >= 0.6 is 0 Å². The van der Waals surface area contributed by atoms with Crippen LogP contribution < -0.4 is 5.32 Å². The molecule has 0 radical (unpaired) electrons. The summed E-state index contributed by atoms with van der Waals surface area (Å²) >= 11 is 0. The molecule has 3 N–H and O–H groups in total. The van der Waals surface area contributed by atoms with Crippen LogP contribution in [0, 0.1) is 11.8 Å². The molecule has 1 heterocycles. The van der Waals surface area contributed by atoms with Gasteiger partial charge in [0.25, 0.3) is 5.91 Å². The number of aliphatic hydroxyl groups is 1. The van der Waals surface area contributed by atoms with Crippen molar-refractivity contribution >= 4 is 5.91 Å². The second-order valence-electron chi connectivity index (χ2n) is 4.14. The molecule has 6 nitrogen and oxygen atoms in total. The Bertz CT molecular complexity index is 641. The number of nitrogens with one attached hydrogen (secondary N) is 2. The van der Waals surface area contributed by atoms with Crippen LogP contribution in [0.15, 0.2) is 30.5 Å². The summed E-state index contributed by atoms with van der Waals surface area (Å²) in [6.45, 7) is 1.69. The van der Waals surface area contributed by atoms with E-state index < -0.39 is 0 Å². The van der Waals surface area contributed by atoms with Gasteiger partial charge >= 0.3 is 0 Å². The first kappa shape index (κ1) is 13.8. The molecule has 0 spiro atoms. The third-order valence-corrected chi connectivity index (χ3v) is 2.69. The molecule has 0 aliphatic heterocycles. The molecule has 2 rings (SSSR count). The van der Waals surface area contributed by atoms with E-state index in [1.54, 1.807) is 0 Å². The van der Waals surface area contributed by atoms with Crippen molar-refractivity contribution < 1.29 is 9.90 Å². The van der Waals surface area contributed by atoms with E-state index in [0.717, 1.165) is 11.1 Å². The third kappa shape index (κ3) is 3.43. The van der Waals surface area contributed by atoms with Gasteiger partial charge in [-0.05, 0) is 24.6 Å². The number of rotatable bonds is 3. The van der Waals surface area contributed by atoms with Gasteiger partial charge in [-0.25, -0.2) is 0 Å². The van der Waals surface area contributed by atoms with Crippen LogP contribution in [0.4, 0.5) is 0 Å². The van der Waals surface area contributed by atoms with Crippen molar-refractivity contribution in [2.24, 2.45) is 0 Å². The Morgan fingerprint density at radius 2 is 2.40 bits per heavy atom. The van der Waals surface area contributed by atoms with Gasteiger partial charge in [-0.2, -0.15) is 15.4 Å². The molecular formula is C14H14N4O2. The van der Waals surface area contributed by atoms with E-state index in [0.29, 0.717) is 0 Å². The molecular weight excluding hydrogens is 256 g/mol. The molecule has 1 aromatic carbocycles. The van der Waals surface area contributed by atoms with Crippen LogP contribution in [-0.2, 0) is 0 Å². The SMILES string of the molecule is CC(NC(=O)c1cn[nH]n1)c1cccc(C#CCO)c1.